The highest BCUT2D eigenvalue weighted by Gasteiger charge is 2.45. The van der Waals surface area contributed by atoms with E-state index in [1.54, 1.807) is 30.3 Å². The van der Waals surface area contributed by atoms with Crippen LogP contribution >= 0.6 is 0 Å². The van der Waals surface area contributed by atoms with Gasteiger partial charge in [0.25, 0.3) is 10.0 Å². The maximum atomic E-state index is 14.4. The van der Waals surface area contributed by atoms with Crippen LogP contribution in [0.4, 0.5) is 15.8 Å². The number of rotatable bonds is 5. The summed E-state index contributed by atoms with van der Waals surface area (Å²) in [7, 11) is -4.01. The zero-order chi connectivity index (χ0) is 22.1. The fraction of sp³-hybridized carbons (Fsp3) is 0.417. The summed E-state index contributed by atoms with van der Waals surface area (Å²) in [6.07, 6.45) is 3.05. The van der Waals surface area contributed by atoms with E-state index in [4.69, 9.17) is 4.74 Å². The zero-order valence-electron chi connectivity index (χ0n) is 18.0. The number of anilines is 2. The number of nitrogens with one attached hydrogen (secondary N) is 1. The van der Waals surface area contributed by atoms with Crippen LogP contribution in [0.3, 0.4) is 0 Å². The lowest BCUT2D eigenvalue weighted by Gasteiger charge is -2.40. The van der Waals surface area contributed by atoms with Crippen LogP contribution in [0.5, 0.6) is 0 Å². The molecule has 0 aromatic heterocycles. The van der Waals surface area contributed by atoms with Crippen LogP contribution < -0.4 is 9.62 Å². The summed E-state index contributed by atoms with van der Waals surface area (Å²) in [5.41, 5.74) is 1.62. The third-order valence-corrected chi connectivity index (χ3v) is 7.22. The van der Waals surface area contributed by atoms with Gasteiger partial charge in [-0.1, -0.05) is 42.5 Å². The number of para-hydroxylation sites is 2. The minimum absolute atomic E-state index is 0.0785. The van der Waals surface area contributed by atoms with Gasteiger partial charge < -0.3 is 9.64 Å². The highest BCUT2D eigenvalue weighted by molar-refractivity contribution is 7.95. The highest BCUT2D eigenvalue weighted by Crippen LogP contribution is 2.47. The summed E-state index contributed by atoms with van der Waals surface area (Å²) >= 11 is 0. The Kier molecular flexibility index (Phi) is 5.83. The van der Waals surface area contributed by atoms with Crippen molar-refractivity contribution >= 4 is 27.2 Å². The van der Waals surface area contributed by atoms with E-state index in [1.165, 1.54) is 12.1 Å². The molecular weight excluding hydrogens is 415 g/mol. The van der Waals surface area contributed by atoms with Crippen LogP contribution in [0.25, 0.3) is 5.83 Å². The van der Waals surface area contributed by atoms with E-state index in [-0.39, 0.29) is 16.6 Å². The van der Waals surface area contributed by atoms with Gasteiger partial charge in [0, 0.05) is 18.7 Å². The Labute approximate surface area is 184 Å². The average molecular weight is 445 g/mol. The first-order chi connectivity index (χ1) is 14.7. The summed E-state index contributed by atoms with van der Waals surface area (Å²) in [5, 5.41) is 0.641. The van der Waals surface area contributed by atoms with E-state index in [0.717, 1.165) is 44.6 Å². The van der Waals surface area contributed by atoms with Crippen molar-refractivity contribution in [1.29, 1.82) is 0 Å². The molecule has 0 aliphatic carbocycles. The van der Waals surface area contributed by atoms with E-state index in [9.17, 15) is 12.8 Å². The molecule has 2 aliphatic heterocycles. The van der Waals surface area contributed by atoms with E-state index < -0.39 is 15.9 Å². The molecule has 31 heavy (non-hydrogen) atoms. The fourth-order valence-corrected chi connectivity index (χ4v) is 5.66. The minimum atomic E-state index is -4.01. The molecule has 4 rings (SSSR count). The monoisotopic (exact) mass is 444 g/mol. The Morgan fingerprint density at radius 2 is 1.71 bits per heavy atom. The summed E-state index contributed by atoms with van der Waals surface area (Å²) < 4.78 is 48.2. The molecule has 2 fully saturated rings. The van der Waals surface area contributed by atoms with Gasteiger partial charge in [-0.15, -0.1) is 0 Å². The molecule has 0 saturated carbocycles. The number of ether oxygens (including phenoxy) is 1. The van der Waals surface area contributed by atoms with Gasteiger partial charge in [0.1, 0.15) is 5.83 Å². The Hall–Kier alpha value is -2.38. The van der Waals surface area contributed by atoms with Gasteiger partial charge in [-0.25, -0.2) is 12.8 Å². The predicted octanol–water partition coefficient (Wildman–Crippen LogP) is 5.18. The van der Waals surface area contributed by atoms with Crippen molar-refractivity contribution in [2.45, 2.75) is 38.7 Å². The van der Waals surface area contributed by atoms with Gasteiger partial charge in [0.05, 0.1) is 29.0 Å². The predicted molar refractivity (Wildman–Crippen MR) is 123 cm³/mol. The Balaban J connectivity index is 1.49. The first-order valence-corrected chi connectivity index (χ1v) is 12.2. The second-order valence-corrected chi connectivity index (χ2v) is 10.7. The second-order valence-electron chi connectivity index (χ2n) is 9.21. The molecule has 0 radical (unpaired) electrons. The Bertz CT molecular complexity index is 1060. The van der Waals surface area contributed by atoms with Gasteiger partial charge in [0.2, 0.25) is 0 Å². The maximum absolute atomic E-state index is 14.4. The van der Waals surface area contributed by atoms with Gasteiger partial charge in [0.15, 0.2) is 0 Å². The smallest absolute Gasteiger partial charge is 0.258 e. The number of halogens is 1. The number of nitrogens with zero attached hydrogens (tertiary/aromatic N) is 1. The van der Waals surface area contributed by atoms with Crippen molar-refractivity contribution in [3.8, 4) is 0 Å². The van der Waals surface area contributed by atoms with Crippen LogP contribution in [0, 0.1) is 5.41 Å². The number of benzene rings is 2. The van der Waals surface area contributed by atoms with Gasteiger partial charge in [-0.05, 0) is 50.7 Å². The van der Waals surface area contributed by atoms with Crippen molar-refractivity contribution in [3.05, 3.63) is 65.6 Å². The largest absolute Gasteiger partial charge is 0.375 e. The summed E-state index contributed by atoms with van der Waals surface area (Å²) in [4.78, 5) is 2.20. The summed E-state index contributed by atoms with van der Waals surface area (Å²) in [5.74, 6) is -0.797. The average Bonchev–Trinajstić information content (AvgIpc) is 3.03. The molecule has 2 heterocycles. The maximum Gasteiger partial charge on any atom is 0.258 e. The van der Waals surface area contributed by atoms with Crippen LogP contribution in [0.15, 0.2) is 60.0 Å². The van der Waals surface area contributed by atoms with Gasteiger partial charge >= 0.3 is 0 Å². The van der Waals surface area contributed by atoms with Crippen LogP contribution in [-0.4, -0.2) is 33.7 Å². The molecule has 0 amide bonds. The van der Waals surface area contributed by atoms with Crippen molar-refractivity contribution in [2.24, 2.45) is 5.41 Å². The molecule has 5 nitrogen and oxygen atoms in total. The Morgan fingerprint density at radius 3 is 2.35 bits per heavy atom. The van der Waals surface area contributed by atoms with Crippen LogP contribution in [-0.2, 0) is 14.8 Å². The molecule has 2 saturated heterocycles. The SMILES string of the molecule is CC1(C)CC2(CCN(c3ccccc3NS(=O)(=O)C=C(F)c3ccccc3)CC2)CO1. The molecule has 7 heteroatoms. The van der Waals surface area contributed by atoms with E-state index in [0.29, 0.717) is 11.1 Å². The topological polar surface area (TPSA) is 58.6 Å². The molecule has 2 aliphatic rings. The van der Waals surface area contributed by atoms with Crippen LogP contribution in [0.2, 0.25) is 0 Å². The van der Waals surface area contributed by atoms with Crippen molar-refractivity contribution in [2.75, 3.05) is 29.3 Å². The molecule has 166 valence electrons. The van der Waals surface area contributed by atoms with E-state index >= 15 is 0 Å². The normalized spacial score (nSPS) is 20.7. The first-order valence-electron chi connectivity index (χ1n) is 10.6. The third-order valence-electron chi connectivity index (χ3n) is 6.20. The lowest BCUT2D eigenvalue weighted by Crippen LogP contribution is -2.41. The molecular formula is C24H29FN2O3S. The summed E-state index contributed by atoms with van der Waals surface area (Å²) in [6.45, 7) is 6.71. The standard InChI is InChI=1S/C24H29FN2O3S/c1-23(2)17-24(18-30-23)12-14-27(15-13-24)22-11-7-6-10-21(22)26-31(28,29)16-20(25)19-8-4-3-5-9-19/h3-11,16,26H,12-15,17-18H2,1-2H3. The molecule has 0 unspecified atom stereocenters. The number of hydrogen-bond donors (Lipinski definition) is 1. The number of piperidine rings is 1. The number of hydrogen-bond acceptors (Lipinski definition) is 4. The van der Waals surface area contributed by atoms with Crippen molar-refractivity contribution < 1.29 is 17.5 Å². The quantitative estimate of drug-likeness (QED) is 0.690. The molecule has 0 bridgehead atoms. The fourth-order valence-electron chi connectivity index (χ4n) is 4.72. The zero-order valence-corrected chi connectivity index (χ0v) is 18.8. The van der Waals surface area contributed by atoms with Crippen LogP contribution in [0.1, 0.15) is 38.7 Å². The number of sulfonamides is 1. The van der Waals surface area contributed by atoms with E-state index in [1.807, 2.05) is 12.1 Å². The van der Waals surface area contributed by atoms with Crippen molar-refractivity contribution in [1.82, 2.24) is 0 Å². The molecule has 2 aromatic rings. The lowest BCUT2D eigenvalue weighted by molar-refractivity contribution is 0.0295. The summed E-state index contributed by atoms with van der Waals surface area (Å²) in [6, 6.07) is 15.4. The van der Waals surface area contributed by atoms with Crippen molar-refractivity contribution in [3.63, 3.8) is 0 Å². The molecule has 1 N–H and O–H groups in total. The first kappa shape index (κ1) is 21.8. The minimum Gasteiger partial charge on any atom is -0.375 e. The van der Waals surface area contributed by atoms with E-state index in [2.05, 4.69) is 23.5 Å². The second kappa shape index (κ2) is 8.28. The van der Waals surface area contributed by atoms with Gasteiger partial charge in [-0.2, -0.15) is 0 Å². The Morgan fingerprint density at radius 1 is 1.06 bits per heavy atom. The highest BCUT2D eigenvalue weighted by atomic mass is 32.2. The third kappa shape index (κ3) is 5.10. The van der Waals surface area contributed by atoms with Gasteiger partial charge in [-0.3, -0.25) is 4.72 Å². The lowest BCUT2D eigenvalue weighted by atomic mass is 9.74. The molecule has 2 aromatic carbocycles. The molecule has 1 spiro atoms. The molecule has 0 atom stereocenters.